The second-order valence-corrected chi connectivity index (χ2v) is 5.00. The lowest BCUT2D eigenvalue weighted by Crippen LogP contribution is -2.15. The Morgan fingerprint density at radius 2 is 1.68 bits per heavy atom. The van der Waals surface area contributed by atoms with E-state index in [-0.39, 0.29) is 6.42 Å². The van der Waals surface area contributed by atoms with Crippen molar-refractivity contribution in [1.82, 2.24) is 0 Å². The smallest absolute Gasteiger partial charge is 0.129 e. The SMILES string of the molecule is NC(Cc1ccc(F)cc1F)c1c(Cl)cccc1Cl. The van der Waals surface area contributed by atoms with E-state index in [2.05, 4.69) is 0 Å². The summed E-state index contributed by atoms with van der Waals surface area (Å²) in [4.78, 5) is 0. The summed E-state index contributed by atoms with van der Waals surface area (Å²) in [6.45, 7) is 0. The summed E-state index contributed by atoms with van der Waals surface area (Å²) in [5.74, 6) is -1.25. The predicted octanol–water partition coefficient (Wildman–Crippen LogP) is 4.51. The molecule has 2 N–H and O–H groups in total. The van der Waals surface area contributed by atoms with Gasteiger partial charge in [0.2, 0.25) is 0 Å². The molecule has 1 unspecified atom stereocenters. The first-order valence-electron chi connectivity index (χ1n) is 5.62. The van der Waals surface area contributed by atoms with Crippen LogP contribution in [0.4, 0.5) is 8.78 Å². The van der Waals surface area contributed by atoms with Crippen molar-refractivity contribution in [3.05, 3.63) is 69.2 Å². The molecule has 2 aromatic rings. The van der Waals surface area contributed by atoms with Crippen LogP contribution in [-0.2, 0) is 6.42 Å². The third-order valence-electron chi connectivity index (χ3n) is 2.83. The van der Waals surface area contributed by atoms with Gasteiger partial charge in [0, 0.05) is 27.7 Å². The minimum Gasteiger partial charge on any atom is -0.324 e. The van der Waals surface area contributed by atoms with Gasteiger partial charge in [-0.15, -0.1) is 0 Å². The Kier molecular flexibility index (Phi) is 4.40. The first-order chi connectivity index (χ1) is 8.99. The Morgan fingerprint density at radius 1 is 1.05 bits per heavy atom. The number of rotatable bonds is 3. The average Bonchev–Trinajstić information content (AvgIpc) is 2.32. The monoisotopic (exact) mass is 301 g/mol. The first kappa shape index (κ1) is 14.3. The van der Waals surface area contributed by atoms with Crippen molar-refractivity contribution in [2.45, 2.75) is 12.5 Å². The Labute approximate surface area is 119 Å². The molecule has 2 rings (SSSR count). The lowest BCUT2D eigenvalue weighted by atomic mass is 9.99. The van der Waals surface area contributed by atoms with E-state index in [0.29, 0.717) is 21.2 Å². The highest BCUT2D eigenvalue weighted by molar-refractivity contribution is 6.36. The first-order valence-corrected chi connectivity index (χ1v) is 6.38. The maximum Gasteiger partial charge on any atom is 0.129 e. The number of hydrogen-bond acceptors (Lipinski definition) is 1. The fourth-order valence-electron chi connectivity index (χ4n) is 1.89. The standard InChI is InChI=1S/C14H11Cl2F2N/c15-10-2-1-3-11(16)14(10)13(19)6-8-4-5-9(17)7-12(8)18/h1-5,7,13H,6,19H2. The molecule has 100 valence electrons. The molecule has 0 saturated carbocycles. The van der Waals surface area contributed by atoms with Crippen LogP contribution < -0.4 is 5.73 Å². The molecule has 19 heavy (non-hydrogen) atoms. The van der Waals surface area contributed by atoms with Crippen LogP contribution in [0.5, 0.6) is 0 Å². The van der Waals surface area contributed by atoms with Gasteiger partial charge < -0.3 is 5.73 Å². The van der Waals surface area contributed by atoms with Gasteiger partial charge in [0.1, 0.15) is 11.6 Å². The van der Waals surface area contributed by atoms with Crippen LogP contribution >= 0.6 is 23.2 Å². The van der Waals surface area contributed by atoms with Crippen LogP contribution in [0.2, 0.25) is 10.0 Å². The van der Waals surface area contributed by atoms with Gasteiger partial charge in [-0.1, -0.05) is 35.3 Å². The van der Waals surface area contributed by atoms with Crippen molar-refractivity contribution in [2.24, 2.45) is 5.73 Å². The number of hydrogen-bond donors (Lipinski definition) is 1. The second-order valence-electron chi connectivity index (χ2n) is 4.18. The van der Waals surface area contributed by atoms with Gasteiger partial charge >= 0.3 is 0 Å². The lowest BCUT2D eigenvalue weighted by Gasteiger charge is -2.16. The Hall–Kier alpha value is -1.16. The molecular formula is C14H11Cl2F2N. The summed E-state index contributed by atoms with van der Waals surface area (Å²) in [7, 11) is 0. The molecule has 0 aliphatic carbocycles. The van der Waals surface area contributed by atoms with Crippen molar-refractivity contribution in [1.29, 1.82) is 0 Å². The van der Waals surface area contributed by atoms with Crippen LogP contribution in [0, 0.1) is 11.6 Å². The largest absolute Gasteiger partial charge is 0.324 e. The van der Waals surface area contributed by atoms with E-state index < -0.39 is 17.7 Å². The minimum atomic E-state index is -0.626. The van der Waals surface area contributed by atoms with Crippen LogP contribution in [0.15, 0.2) is 36.4 Å². The van der Waals surface area contributed by atoms with Crippen LogP contribution in [0.1, 0.15) is 17.2 Å². The van der Waals surface area contributed by atoms with E-state index in [1.165, 1.54) is 12.1 Å². The van der Waals surface area contributed by atoms with Crippen LogP contribution in [-0.4, -0.2) is 0 Å². The fraction of sp³-hybridized carbons (Fsp3) is 0.143. The Bertz CT molecular complexity index is 582. The minimum absolute atomic E-state index is 0.190. The van der Waals surface area contributed by atoms with Gasteiger partial charge in [0.25, 0.3) is 0 Å². The number of benzene rings is 2. The third-order valence-corrected chi connectivity index (χ3v) is 3.48. The zero-order valence-corrected chi connectivity index (χ0v) is 11.3. The molecule has 0 spiro atoms. The van der Waals surface area contributed by atoms with E-state index in [4.69, 9.17) is 28.9 Å². The molecule has 0 fully saturated rings. The molecule has 0 heterocycles. The molecule has 0 saturated heterocycles. The summed E-state index contributed by atoms with van der Waals surface area (Å²) in [5, 5.41) is 0.866. The molecule has 1 nitrogen and oxygen atoms in total. The summed E-state index contributed by atoms with van der Waals surface area (Å²) >= 11 is 12.1. The second kappa shape index (κ2) is 5.87. The molecule has 0 aromatic heterocycles. The molecule has 5 heteroatoms. The van der Waals surface area contributed by atoms with Crippen molar-refractivity contribution >= 4 is 23.2 Å². The Balaban J connectivity index is 2.28. The topological polar surface area (TPSA) is 26.0 Å². The summed E-state index contributed by atoms with van der Waals surface area (Å²) < 4.78 is 26.4. The normalized spacial score (nSPS) is 12.5. The number of halogens is 4. The van der Waals surface area contributed by atoms with Gasteiger partial charge in [-0.2, -0.15) is 0 Å². The van der Waals surface area contributed by atoms with E-state index >= 15 is 0 Å². The molecule has 1 atom stereocenters. The van der Waals surface area contributed by atoms with E-state index in [1.54, 1.807) is 18.2 Å². The van der Waals surface area contributed by atoms with Gasteiger partial charge in [0.15, 0.2) is 0 Å². The van der Waals surface area contributed by atoms with E-state index in [9.17, 15) is 8.78 Å². The van der Waals surface area contributed by atoms with Crippen LogP contribution in [0.25, 0.3) is 0 Å². The maximum atomic E-state index is 13.6. The van der Waals surface area contributed by atoms with Gasteiger partial charge in [-0.05, 0) is 30.2 Å². The fourth-order valence-corrected chi connectivity index (χ4v) is 2.57. The third kappa shape index (κ3) is 3.24. The molecule has 0 aliphatic rings. The highest BCUT2D eigenvalue weighted by Crippen LogP contribution is 2.31. The predicted molar refractivity (Wildman–Crippen MR) is 73.5 cm³/mol. The van der Waals surface area contributed by atoms with Crippen LogP contribution in [0.3, 0.4) is 0 Å². The molecule has 0 amide bonds. The molecular weight excluding hydrogens is 291 g/mol. The maximum absolute atomic E-state index is 13.6. The van der Waals surface area contributed by atoms with E-state index in [0.717, 1.165) is 6.07 Å². The Morgan fingerprint density at radius 3 is 2.26 bits per heavy atom. The highest BCUT2D eigenvalue weighted by Gasteiger charge is 2.16. The lowest BCUT2D eigenvalue weighted by molar-refractivity contribution is 0.563. The van der Waals surface area contributed by atoms with Gasteiger partial charge in [-0.25, -0.2) is 8.78 Å². The molecule has 0 radical (unpaired) electrons. The van der Waals surface area contributed by atoms with Crippen molar-refractivity contribution in [2.75, 3.05) is 0 Å². The summed E-state index contributed by atoms with van der Waals surface area (Å²) in [6.07, 6.45) is 0.190. The zero-order valence-electron chi connectivity index (χ0n) is 9.84. The van der Waals surface area contributed by atoms with Crippen molar-refractivity contribution < 1.29 is 8.78 Å². The van der Waals surface area contributed by atoms with Crippen molar-refractivity contribution in [3.8, 4) is 0 Å². The molecule has 2 aromatic carbocycles. The molecule has 0 bridgehead atoms. The highest BCUT2D eigenvalue weighted by atomic mass is 35.5. The average molecular weight is 302 g/mol. The van der Waals surface area contributed by atoms with Crippen molar-refractivity contribution in [3.63, 3.8) is 0 Å². The zero-order chi connectivity index (χ0) is 14.0. The van der Waals surface area contributed by atoms with Gasteiger partial charge in [0.05, 0.1) is 0 Å². The van der Waals surface area contributed by atoms with E-state index in [1.807, 2.05) is 0 Å². The summed E-state index contributed by atoms with van der Waals surface area (Å²) in [6, 6.07) is 7.89. The quantitative estimate of drug-likeness (QED) is 0.886. The number of nitrogens with two attached hydrogens (primary N) is 1. The van der Waals surface area contributed by atoms with Gasteiger partial charge in [-0.3, -0.25) is 0 Å². The summed E-state index contributed by atoms with van der Waals surface area (Å²) in [5.41, 5.74) is 6.89. The molecule has 0 aliphatic heterocycles.